The van der Waals surface area contributed by atoms with Crippen LogP contribution in [0.1, 0.15) is 25.0 Å². The Hall–Kier alpha value is -6.32. The van der Waals surface area contributed by atoms with Gasteiger partial charge in [-0.2, -0.15) is 0 Å². The van der Waals surface area contributed by atoms with Crippen LogP contribution in [-0.4, -0.2) is 14.5 Å². The number of hydrogen-bond donors (Lipinski definition) is 0. The second kappa shape index (κ2) is 10.8. The molecule has 0 aliphatic heterocycles. The lowest BCUT2D eigenvalue weighted by molar-refractivity contribution is 0.661. The minimum absolute atomic E-state index is 0.0897. The van der Waals surface area contributed by atoms with E-state index < -0.39 is 0 Å². The van der Waals surface area contributed by atoms with Crippen molar-refractivity contribution in [1.29, 1.82) is 0 Å². The summed E-state index contributed by atoms with van der Waals surface area (Å²) in [7, 11) is 0. The summed E-state index contributed by atoms with van der Waals surface area (Å²) in [6, 6.07) is 58.7. The van der Waals surface area contributed by atoms with E-state index in [1.54, 1.807) is 0 Å². The maximum Gasteiger partial charge on any atom is 0.145 e. The molecule has 7 aromatic carbocycles. The van der Waals surface area contributed by atoms with Gasteiger partial charge in [0.2, 0.25) is 0 Å². The van der Waals surface area contributed by atoms with Crippen molar-refractivity contribution in [2.45, 2.75) is 19.3 Å². The van der Waals surface area contributed by atoms with Crippen LogP contribution in [0, 0.1) is 0 Å². The zero-order valence-corrected chi connectivity index (χ0v) is 27.9. The fourth-order valence-corrected chi connectivity index (χ4v) is 8.08. The van der Waals surface area contributed by atoms with Gasteiger partial charge in [-0.25, -0.2) is 9.97 Å². The van der Waals surface area contributed by atoms with Gasteiger partial charge in [-0.3, -0.25) is 4.57 Å². The fourth-order valence-electron chi connectivity index (χ4n) is 8.08. The van der Waals surface area contributed by atoms with Crippen molar-refractivity contribution in [2.24, 2.45) is 0 Å². The largest absolute Gasteiger partial charge is 0.292 e. The van der Waals surface area contributed by atoms with Crippen LogP contribution >= 0.6 is 0 Å². The molecule has 1 aliphatic carbocycles. The number of aromatic nitrogens is 3. The third kappa shape index (κ3) is 4.30. The molecule has 0 unspecified atom stereocenters. The van der Waals surface area contributed by atoms with Crippen molar-refractivity contribution in [1.82, 2.24) is 14.5 Å². The summed E-state index contributed by atoms with van der Waals surface area (Å²) in [5.41, 5.74) is 15.0. The average molecular weight is 640 g/mol. The van der Waals surface area contributed by atoms with E-state index in [0.717, 1.165) is 56.0 Å². The average Bonchev–Trinajstić information content (AvgIpc) is 3.67. The minimum atomic E-state index is -0.0897. The lowest BCUT2D eigenvalue weighted by atomic mass is 9.81. The molecule has 1 aliphatic rings. The van der Waals surface area contributed by atoms with Crippen molar-refractivity contribution in [3.63, 3.8) is 0 Å². The number of rotatable bonds is 4. The number of pyridine rings is 1. The Morgan fingerprint density at radius 3 is 2.00 bits per heavy atom. The number of nitrogens with zero attached hydrogens (tertiary/aromatic N) is 3. The first-order valence-electron chi connectivity index (χ1n) is 17.3. The molecule has 0 amide bonds. The number of benzene rings is 7. The summed E-state index contributed by atoms with van der Waals surface area (Å²) in [4.78, 5) is 10.4. The van der Waals surface area contributed by atoms with Crippen LogP contribution in [0.2, 0.25) is 0 Å². The van der Waals surface area contributed by atoms with Crippen LogP contribution in [0.15, 0.2) is 164 Å². The molecule has 236 valence electrons. The van der Waals surface area contributed by atoms with Crippen molar-refractivity contribution < 1.29 is 0 Å². The van der Waals surface area contributed by atoms with E-state index in [2.05, 4.69) is 170 Å². The number of fused-ring (bicyclic) bond motifs is 7. The van der Waals surface area contributed by atoms with Crippen LogP contribution in [0.3, 0.4) is 0 Å². The van der Waals surface area contributed by atoms with Crippen molar-refractivity contribution in [2.75, 3.05) is 0 Å². The first-order valence-corrected chi connectivity index (χ1v) is 17.3. The quantitative estimate of drug-likeness (QED) is 0.179. The molecule has 3 heteroatoms. The van der Waals surface area contributed by atoms with Gasteiger partial charge in [-0.1, -0.05) is 129 Å². The van der Waals surface area contributed by atoms with Gasteiger partial charge in [0.05, 0.1) is 22.2 Å². The lowest BCUT2D eigenvalue weighted by Crippen LogP contribution is -2.14. The summed E-state index contributed by atoms with van der Waals surface area (Å²) in [5, 5.41) is 3.62. The molecule has 0 saturated heterocycles. The molecule has 0 saturated carbocycles. The van der Waals surface area contributed by atoms with E-state index in [1.807, 2.05) is 12.1 Å². The van der Waals surface area contributed by atoms with Crippen LogP contribution in [-0.2, 0) is 5.41 Å². The molecule has 2 aromatic heterocycles. The summed E-state index contributed by atoms with van der Waals surface area (Å²) in [5.74, 6) is 0.938. The summed E-state index contributed by atoms with van der Waals surface area (Å²) >= 11 is 0. The van der Waals surface area contributed by atoms with E-state index in [0.29, 0.717) is 0 Å². The topological polar surface area (TPSA) is 30.7 Å². The monoisotopic (exact) mass is 639 g/mol. The molecule has 0 radical (unpaired) electrons. The third-order valence-electron chi connectivity index (χ3n) is 10.6. The second-order valence-electron chi connectivity index (χ2n) is 13.8. The second-order valence-corrected chi connectivity index (χ2v) is 13.8. The van der Waals surface area contributed by atoms with Crippen molar-refractivity contribution in [3.8, 4) is 50.6 Å². The Morgan fingerprint density at radius 2 is 1.14 bits per heavy atom. The molecule has 0 spiro atoms. The zero-order chi connectivity index (χ0) is 33.4. The summed E-state index contributed by atoms with van der Waals surface area (Å²) in [6.07, 6.45) is 0. The van der Waals surface area contributed by atoms with Gasteiger partial charge < -0.3 is 0 Å². The molecular formula is C47H33N3. The van der Waals surface area contributed by atoms with Gasteiger partial charge in [0.1, 0.15) is 5.82 Å². The van der Waals surface area contributed by atoms with Gasteiger partial charge in [0.15, 0.2) is 0 Å². The molecule has 9 aromatic rings. The van der Waals surface area contributed by atoms with Gasteiger partial charge in [0.25, 0.3) is 0 Å². The minimum Gasteiger partial charge on any atom is -0.292 e. The van der Waals surface area contributed by atoms with Gasteiger partial charge in [-0.05, 0) is 87.3 Å². The molecular weight excluding hydrogens is 607 g/mol. The Kier molecular flexibility index (Phi) is 6.22. The summed E-state index contributed by atoms with van der Waals surface area (Å²) in [6.45, 7) is 4.69. The Labute approximate surface area is 291 Å². The van der Waals surface area contributed by atoms with Crippen molar-refractivity contribution in [3.05, 3.63) is 175 Å². The van der Waals surface area contributed by atoms with Crippen LogP contribution in [0.4, 0.5) is 0 Å². The fraction of sp³-hybridized carbons (Fsp3) is 0.0638. The van der Waals surface area contributed by atoms with Crippen LogP contribution in [0.25, 0.3) is 83.3 Å². The SMILES string of the molecule is CC1(C)c2ccccc2-c2cc3c(cc21)c(-c1cccc(-c2ccc(-n4c(-c5ccccc5)nc5ccccc54)cc2)c1)nc1ccccc13. The van der Waals surface area contributed by atoms with E-state index >= 15 is 0 Å². The maximum absolute atomic E-state index is 5.34. The zero-order valence-electron chi connectivity index (χ0n) is 27.9. The standard InChI is InChI=1S/C47H33N3/c1-47(2)40-19-8-6-17-35(40)38-28-37-36-18-7-9-20-42(36)48-45(39(37)29-41(38)47)33-16-12-15-32(27-33)30-23-25-34(26-24-30)50-44-22-11-10-21-43(44)49-46(50)31-13-4-3-5-14-31/h3-29H,1-2H3. The Bertz CT molecular complexity index is 2770. The predicted octanol–water partition coefficient (Wildman–Crippen LogP) is 12.0. The molecule has 10 rings (SSSR count). The maximum atomic E-state index is 5.34. The first-order chi connectivity index (χ1) is 24.5. The summed E-state index contributed by atoms with van der Waals surface area (Å²) < 4.78 is 2.26. The van der Waals surface area contributed by atoms with Gasteiger partial charge in [0, 0.05) is 33.0 Å². The lowest BCUT2D eigenvalue weighted by Gasteiger charge is -2.22. The van der Waals surface area contributed by atoms with Gasteiger partial charge in [-0.15, -0.1) is 0 Å². The Morgan fingerprint density at radius 1 is 0.440 bits per heavy atom. The highest BCUT2D eigenvalue weighted by molar-refractivity contribution is 6.13. The van der Waals surface area contributed by atoms with E-state index in [9.17, 15) is 0 Å². The number of para-hydroxylation sites is 3. The highest BCUT2D eigenvalue weighted by Gasteiger charge is 2.35. The first kappa shape index (κ1) is 28.7. The third-order valence-corrected chi connectivity index (χ3v) is 10.6. The van der Waals surface area contributed by atoms with E-state index in [1.165, 1.54) is 38.4 Å². The van der Waals surface area contributed by atoms with Crippen LogP contribution in [0.5, 0.6) is 0 Å². The van der Waals surface area contributed by atoms with E-state index in [4.69, 9.17) is 9.97 Å². The molecule has 50 heavy (non-hydrogen) atoms. The number of imidazole rings is 1. The number of hydrogen-bond acceptors (Lipinski definition) is 2. The predicted molar refractivity (Wildman–Crippen MR) is 208 cm³/mol. The van der Waals surface area contributed by atoms with Crippen molar-refractivity contribution >= 4 is 32.7 Å². The van der Waals surface area contributed by atoms with Gasteiger partial charge >= 0.3 is 0 Å². The highest BCUT2D eigenvalue weighted by atomic mass is 15.1. The molecule has 0 atom stereocenters. The normalized spacial score (nSPS) is 13.2. The smallest absolute Gasteiger partial charge is 0.145 e. The molecule has 3 nitrogen and oxygen atoms in total. The van der Waals surface area contributed by atoms with E-state index in [-0.39, 0.29) is 5.41 Å². The Balaban J connectivity index is 1.10. The molecule has 0 bridgehead atoms. The highest BCUT2D eigenvalue weighted by Crippen LogP contribution is 2.51. The van der Waals surface area contributed by atoms with Crippen LogP contribution < -0.4 is 0 Å². The molecule has 0 fully saturated rings. The molecule has 0 N–H and O–H groups in total. The molecule has 2 heterocycles.